The van der Waals surface area contributed by atoms with Crippen molar-refractivity contribution in [2.45, 2.75) is 64.8 Å². The number of nitrogens with two attached hydrogens (primary N) is 2. The van der Waals surface area contributed by atoms with Gasteiger partial charge in [-0.25, -0.2) is 18.0 Å². The standard InChI is InChI=1S/C32H35FN2O5.C31H34FN3O5.C28H27FN2O5/c1-18(2)13-28(32(34)40)35-16-25(30(38)20-7-4-9-22(36)14-20)29(24-11-6-12-27(33)19(24)3)26(17-35)31(39)21-8-5-10-23(37)15-21;1-19-24(11-6-12-27(19)32)28-25(29(38)20-7-4-9-22(36)15-20)17-35(14-13-34(3)31(40)33-2)18-26(28)30(39)21-8-5-10-23(37)16-21;1-16-21(9-4-10-24(16)29)26-22(27(35)17-5-2-7-19(32)11-17)13-31(15-25(30)34)14-23(26)28(36)18-6-3-8-20(33)12-18/h4-12,14-15,18,25-26,28-29,36-37H,13,16-17H2,1-3H3,(H2,34,40);4-12,15-16,25-26,28,36-37H,13-14,17-18H2,1-3H3,(H,33,40);2-12,22-23,26,32-33H,13-15H2,1H3,(H2,30,34)/t25-,26-,28?;25-,26-;22-,23-/m000/s1. The predicted octanol–water partition coefficient (Wildman–Crippen LogP) is 12.5. The van der Waals surface area contributed by atoms with Gasteiger partial charge in [0.2, 0.25) is 11.8 Å². The number of phenols is 6. The second-order valence-electron chi connectivity index (χ2n) is 30.5. The van der Waals surface area contributed by atoms with Crippen molar-refractivity contribution in [3.8, 4) is 34.5 Å². The average molecular weight is 1580 g/mol. The fourth-order valence-corrected chi connectivity index (χ4v) is 16.6. The molecule has 606 valence electrons. The lowest BCUT2D eigenvalue weighted by Gasteiger charge is -2.46. The number of aromatic hydroxyl groups is 6. The first-order valence-corrected chi connectivity index (χ1v) is 38.2. The maximum atomic E-state index is 14.9. The van der Waals surface area contributed by atoms with Crippen molar-refractivity contribution in [1.29, 1.82) is 0 Å². The molecule has 3 saturated heterocycles. The number of nitrogens with one attached hydrogen (secondary N) is 1. The van der Waals surface area contributed by atoms with E-state index in [1.165, 1.54) is 95.9 Å². The number of amides is 4. The van der Waals surface area contributed by atoms with E-state index in [2.05, 4.69) is 5.32 Å². The van der Waals surface area contributed by atoms with Crippen LogP contribution in [-0.2, 0) is 9.59 Å². The number of likely N-dealkylation sites (N-methyl/N-ethyl adjacent to an activating group) is 1. The molecule has 0 spiro atoms. The number of rotatable bonds is 24. The third kappa shape index (κ3) is 20.4. The van der Waals surface area contributed by atoms with Crippen molar-refractivity contribution in [3.05, 3.63) is 284 Å². The van der Waals surface area contributed by atoms with E-state index in [4.69, 9.17) is 11.5 Å². The zero-order valence-electron chi connectivity index (χ0n) is 65.4. The first-order chi connectivity index (χ1) is 55.2. The SMILES string of the molecule is CNC(=O)N(C)CCN1C[C@H](C(=O)c2cccc(O)c2)C(c2cccc(F)c2C)[C@@H](C(=O)c2cccc(O)c2)C1.Cc1c(F)cccc1C1[C@@H](C(=O)c2cccc(O)c2)CN(C(CC(C)C)C(N)=O)C[C@@H]1C(=O)c1cccc(O)c1.Cc1c(F)cccc1C1[C@@H](C(=O)c2cccc(O)c2)CN(CC(N)=O)C[C@@H]1C(=O)c1cccc(O)c1. The summed E-state index contributed by atoms with van der Waals surface area (Å²) in [5.74, 6) is -11.8. The number of primary amides is 2. The Morgan fingerprint density at radius 3 is 0.914 bits per heavy atom. The molecule has 22 nitrogen and oxygen atoms in total. The predicted molar refractivity (Wildman–Crippen MR) is 430 cm³/mol. The highest BCUT2D eigenvalue weighted by atomic mass is 19.1. The summed E-state index contributed by atoms with van der Waals surface area (Å²) >= 11 is 0. The molecule has 3 aliphatic rings. The van der Waals surface area contributed by atoms with Crippen LogP contribution in [-0.4, -0.2) is 182 Å². The van der Waals surface area contributed by atoms with Gasteiger partial charge in [0.25, 0.3) is 0 Å². The Hall–Kier alpha value is -12.3. The summed E-state index contributed by atoms with van der Waals surface area (Å²) in [5.41, 5.74) is 15.5. The number of hydrogen-bond acceptors (Lipinski definition) is 18. The molecule has 9 aromatic rings. The highest BCUT2D eigenvalue weighted by Crippen LogP contribution is 2.47. The Balaban J connectivity index is 0.000000184. The molecular weight excluding hydrogens is 1490 g/mol. The molecule has 25 heteroatoms. The highest BCUT2D eigenvalue weighted by Gasteiger charge is 2.50. The molecule has 4 amide bonds. The topological polar surface area (TPSA) is 352 Å². The van der Waals surface area contributed by atoms with Crippen molar-refractivity contribution in [1.82, 2.24) is 24.9 Å². The summed E-state index contributed by atoms with van der Waals surface area (Å²) in [6.45, 7) is 10.3. The van der Waals surface area contributed by atoms with Crippen molar-refractivity contribution >= 4 is 52.5 Å². The summed E-state index contributed by atoms with van der Waals surface area (Å²) < 4.78 is 44.4. The molecule has 0 saturated carbocycles. The number of ketones is 6. The van der Waals surface area contributed by atoms with Crippen LogP contribution in [0.1, 0.15) is 134 Å². The summed E-state index contributed by atoms with van der Waals surface area (Å²) in [4.78, 5) is 128. The number of halogens is 3. The van der Waals surface area contributed by atoms with E-state index in [9.17, 15) is 87.0 Å². The monoisotopic (exact) mass is 1580 g/mol. The first kappa shape index (κ1) is 86.1. The number of benzene rings is 9. The van der Waals surface area contributed by atoms with Gasteiger partial charge in [0, 0.05) is 153 Å². The van der Waals surface area contributed by atoms with E-state index in [0.29, 0.717) is 52.9 Å². The second kappa shape index (κ2) is 38.2. The number of phenolic OH excluding ortho intramolecular Hbond substituents is 6. The molecule has 7 atom stereocenters. The second-order valence-corrected chi connectivity index (χ2v) is 30.5. The Kier molecular flexibility index (Phi) is 28.4. The molecule has 12 rings (SSSR count). The van der Waals surface area contributed by atoms with Crippen LogP contribution < -0.4 is 16.8 Å². The molecular formula is C91H96F3N7O15. The largest absolute Gasteiger partial charge is 0.508 e. The van der Waals surface area contributed by atoms with Gasteiger partial charge in [0.05, 0.1) is 12.6 Å². The molecule has 1 unspecified atom stereocenters. The zero-order valence-corrected chi connectivity index (χ0v) is 65.4. The van der Waals surface area contributed by atoms with Crippen molar-refractivity contribution < 1.29 is 87.0 Å². The maximum Gasteiger partial charge on any atom is 0.316 e. The highest BCUT2D eigenvalue weighted by molar-refractivity contribution is 6.05. The normalized spacial score (nSPS) is 18.4. The maximum absolute atomic E-state index is 14.9. The number of Topliss-reactive ketones (excluding diaryl/α,β-unsaturated/α-hetero) is 6. The number of carbonyl (C=O) groups excluding carboxylic acids is 9. The van der Waals surface area contributed by atoms with Gasteiger partial charge in [0.15, 0.2) is 34.7 Å². The molecule has 3 aliphatic heterocycles. The number of likely N-dealkylation sites (tertiary alicyclic amines) is 3. The van der Waals surface area contributed by atoms with E-state index >= 15 is 0 Å². The zero-order chi connectivity index (χ0) is 84.1. The van der Waals surface area contributed by atoms with Crippen LogP contribution in [0.4, 0.5) is 18.0 Å². The quantitative estimate of drug-likeness (QED) is 0.0254. The minimum Gasteiger partial charge on any atom is -0.508 e. The average Bonchev–Trinajstić information content (AvgIpc) is 0.766. The molecule has 11 N–H and O–H groups in total. The third-order valence-electron chi connectivity index (χ3n) is 22.2. The van der Waals surface area contributed by atoms with Crippen molar-refractivity contribution in [2.75, 3.05) is 73.0 Å². The molecule has 9 aromatic carbocycles. The lowest BCUT2D eigenvalue weighted by Crippen LogP contribution is -2.57. The lowest BCUT2D eigenvalue weighted by atomic mass is 9.67. The number of carbonyl (C=O) groups is 9. The number of urea groups is 1. The van der Waals surface area contributed by atoms with Gasteiger partial charge >= 0.3 is 6.03 Å². The number of hydrogen-bond donors (Lipinski definition) is 9. The van der Waals surface area contributed by atoms with Gasteiger partial charge in [-0.3, -0.25) is 48.2 Å². The van der Waals surface area contributed by atoms with Crippen LogP contribution in [0.5, 0.6) is 34.5 Å². The molecule has 3 heterocycles. The van der Waals surface area contributed by atoms with E-state index in [1.807, 2.05) is 18.7 Å². The number of piperidine rings is 3. The van der Waals surface area contributed by atoms with Crippen LogP contribution in [0.2, 0.25) is 0 Å². The summed E-state index contributed by atoms with van der Waals surface area (Å²) in [5, 5.41) is 62.8. The van der Waals surface area contributed by atoms with E-state index < -0.39 is 88.6 Å². The Labute approximate surface area is 670 Å². The molecule has 0 aromatic heterocycles. The fraction of sp³-hybridized carbons (Fsp3) is 0.308. The van der Waals surface area contributed by atoms with Crippen molar-refractivity contribution in [2.24, 2.45) is 52.9 Å². The molecule has 3 fully saturated rings. The first-order valence-electron chi connectivity index (χ1n) is 38.2. The minimum absolute atomic E-state index is 0.0587. The van der Waals surface area contributed by atoms with Gasteiger partial charge in [-0.05, 0) is 157 Å². The van der Waals surface area contributed by atoms with Gasteiger partial charge in [-0.15, -0.1) is 0 Å². The van der Waals surface area contributed by atoms with E-state index in [-0.39, 0.29) is 160 Å². The summed E-state index contributed by atoms with van der Waals surface area (Å²) in [6.07, 6.45) is 0.430. The summed E-state index contributed by atoms with van der Waals surface area (Å²) in [6, 6.07) is 48.7. The minimum atomic E-state index is -0.865. The van der Waals surface area contributed by atoms with Gasteiger partial charge in [-0.2, -0.15) is 0 Å². The van der Waals surface area contributed by atoms with Gasteiger partial charge < -0.3 is 57.2 Å². The lowest BCUT2D eigenvalue weighted by molar-refractivity contribution is -0.125. The Morgan fingerprint density at radius 2 is 0.672 bits per heavy atom. The van der Waals surface area contributed by atoms with Crippen LogP contribution in [0.25, 0.3) is 0 Å². The van der Waals surface area contributed by atoms with Crippen LogP contribution in [0.15, 0.2) is 200 Å². The van der Waals surface area contributed by atoms with Crippen LogP contribution >= 0.6 is 0 Å². The smallest absolute Gasteiger partial charge is 0.316 e. The van der Waals surface area contributed by atoms with Crippen LogP contribution in [0, 0.1) is 79.6 Å². The number of nitrogens with zero attached hydrogens (tertiary/aromatic N) is 4. The van der Waals surface area contributed by atoms with Gasteiger partial charge in [0.1, 0.15) is 51.9 Å². The van der Waals surface area contributed by atoms with Crippen LogP contribution in [0.3, 0.4) is 0 Å². The fourth-order valence-electron chi connectivity index (χ4n) is 16.6. The summed E-state index contributed by atoms with van der Waals surface area (Å²) in [7, 11) is 3.20. The third-order valence-corrected chi connectivity index (χ3v) is 22.2. The van der Waals surface area contributed by atoms with E-state index in [1.54, 1.807) is 154 Å². The van der Waals surface area contributed by atoms with Gasteiger partial charge in [-0.1, -0.05) is 123 Å². The Morgan fingerprint density at radius 1 is 0.414 bits per heavy atom. The molecule has 0 aliphatic carbocycles. The van der Waals surface area contributed by atoms with E-state index in [0.717, 1.165) is 0 Å². The molecule has 0 radical (unpaired) electrons. The van der Waals surface area contributed by atoms with Crippen molar-refractivity contribution in [3.63, 3.8) is 0 Å². The Bertz CT molecular complexity index is 4950. The molecule has 116 heavy (non-hydrogen) atoms. The molecule has 0 bridgehead atoms.